The van der Waals surface area contributed by atoms with Gasteiger partial charge in [-0.1, -0.05) is 19.2 Å². The second-order valence-corrected chi connectivity index (χ2v) is 6.29. The van der Waals surface area contributed by atoms with Crippen molar-refractivity contribution in [3.05, 3.63) is 12.7 Å². The number of aliphatic hydroxyl groups excluding tert-OH is 1. The van der Waals surface area contributed by atoms with E-state index in [1.807, 2.05) is 6.08 Å². The molecule has 0 radical (unpaired) electrons. The fraction of sp³-hybridized carbons (Fsp3) is 0.750. The molecular formula is C8H18OSi. The van der Waals surface area contributed by atoms with Crippen molar-refractivity contribution in [1.82, 2.24) is 0 Å². The van der Waals surface area contributed by atoms with Gasteiger partial charge < -0.3 is 5.11 Å². The molecule has 0 aliphatic carbocycles. The molecule has 60 valence electrons. The lowest BCUT2D eigenvalue weighted by atomic mass is 10.2. The summed E-state index contributed by atoms with van der Waals surface area (Å²) in [6.45, 7) is 7.99. The number of allylic oxidation sites excluding steroid dienone is 1. The molecular weight excluding hydrogens is 140 g/mol. The Labute approximate surface area is 65.4 Å². The van der Waals surface area contributed by atoms with Crippen molar-refractivity contribution in [2.24, 2.45) is 0 Å². The van der Waals surface area contributed by atoms with Crippen LogP contribution in [0.15, 0.2) is 12.7 Å². The molecule has 0 aromatic carbocycles. The first kappa shape index (κ1) is 9.92. The van der Waals surface area contributed by atoms with E-state index in [4.69, 9.17) is 0 Å². The van der Waals surface area contributed by atoms with Crippen LogP contribution in [-0.2, 0) is 0 Å². The monoisotopic (exact) mass is 158 g/mol. The van der Waals surface area contributed by atoms with Crippen molar-refractivity contribution in [3.8, 4) is 0 Å². The van der Waals surface area contributed by atoms with Gasteiger partial charge in [-0.3, -0.25) is 0 Å². The predicted octanol–water partition coefficient (Wildman–Crippen LogP) is 1.73. The molecule has 1 unspecified atom stereocenters. The van der Waals surface area contributed by atoms with Gasteiger partial charge in [0.25, 0.3) is 0 Å². The van der Waals surface area contributed by atoms with Crippen molar-refractivity contribution < 1.29 is 5.11 Å². The molecule has 0 spiro atoms. The Balaban J connectivity index is 3.21. The topological polar surface area (TPSA) is 20.2 Å². The van der Waals surface area contributed by atoms with E-state index in [0.29, 0.717) is 0 Å². The van der Waals surface area contributed by atoms with E-state index >= 15 is 0 Å². The van der Waals surface area contributed by atoms with Crippen LogP contribution in [0.5, 0.6) is 0 Å². The molecule has 0 saturated carbocycles. The summed E-state index contributed by atoms with van der Waals surface area (Å²) in [6.07, 6.45) is 5.01. The van der Waals surface area contributed by atoms with Crippen molar-refractivity contribution in [2.75, 3.05) is 0 Å². The molecule has 0 fully saturated rings. The van der Waals surface area contributed by atoms with Crippen LogP contribution in [0, 0.1) is 0 Å². The maximum Gasteiger partial charge on any atom is 0.0652 e. The number of aliphatic hydroxyl groups is 1. The van der Waals surface area contributed by atoms with Crippen LogP contribution in [0.25, 0.3) is 0 Å². The summed E-state index contributed by atoms with van der Waals surface area (Å²) in [5.74, 6) is 0. The third-order valence-electron chi connectivity index (χ3n) is 1.68. The van der Waals surface area contributed by atoms with E-state index in [1.165, 1.54) is 0 Å². The van der Waals surface area contributed by atoms with Gasteiger partial charge in [-0.05, 0) is 19.3 Å². The van der Waals surface area contributed by atoms with Crippen LogP contribution in [-0.4, -0.2) is 19.6 Å². The molecule has 2 heteroatoms. The summed E-state index contributed by atoms with van der Waals surface area (Å²) in [7, 11) is -0.786. The lowest BCUT2D eigenvalue weighted by molar-refractivity contribution is 0.235. The summed E-state index contributed by atoms with van der Waals surface area (Å²) < 4.78 is 0. The summed E-state index contributed by atoms with van der Waals surface area (Å²) >= 11 is 0. The Kier molecular flexibility index (Phi) is 5.64. The summed E-state index contributed by atoms with van der Waals surface area (Å²) in [5.41, 5.74) is 0.0138. The van der Waals surface area contributed by atoms with Crippen molar-refractivity contribution in [3.63, 3.8) is 0 Å². The van der Waals surface area contributed by atoms with Gasteiger partial charge in [0, 0.05) is 5.73 Å². The highest BCUT2D eigenvalue weighted by atomic mass is 28.3. The van der Waals surface area contributed by atoms with E-state index in [0.717, 1.165) is 19.3 Å². The fourth-order valence-electron chi connectivity index (χ4n) is 0.805. The third kappa shape index (κ3) is 4.76. The first-order chi connectivity index (χ1) is 4.68. The normalized spacial score (nSPS) is 13.6. The van der Waals surface area contributed by atoms with Gasteiger partial charge in [0.1, 0.15) is 0 Å². The minimum atomic E-state index is -0.786. The average molecular weight is 158 g/mol. The highest BCUT2D eigenvalue weighted by molar-refractivity contribution is 6.57. The zero-order valence-electron chi connectivity index (χ0n) is 7.01. The maximum atomic E-state index is 9.38. The Morgan fingerprint density at radius 2 is 2.20 bits per heavy atom. The van der Waals surface area contributed by atoms with Gasteiger partial charge in [0.2, 0.25) is 0 Å². The molecule has 0 aromatic rings. The molecule has 0 aliphatic rings. The molecule has 0 amide bonds. The molecule has 0 aliphatic heterocycles. The Morgan fingerprint density at radius 3 is 2.60 bits per heavy atom. The minimum Gasteiger partial charge on any atom is -0.397 e. The molecule has 0 saturated heterocycles. The van der Waals surface area contributed by atoms with E-state index in [-0.39, 0.29) is 5.73 Å². The SMILES string of the molecule is C=CCCCC(O)[SiH](C)C. The quantitative estimate of drug-likeness (QED) is 0.367. The van der Waals surface area contributed by atoms with Gasteiger partial charge in [0.05, 0.1) is 8.80 Å². The third-order valence-corrected chi connectivity index (χ3v) is 3.55. The summed E-state index contributed by atoms with van der Waals surface area (Å²) in [6, 6.07) is 0. The Morgan fingerprint density at radius 1 is 1.60 bits per heavy atom. The molecule has 0 heterocycles. The van der Waals surface area contributed by atoms with Crippen LogP contribution in [0.4, 0.5) is 0 Å². The average Bonchev–Trinajstić information content (AvgIpc) is 1.88. The largest absolute Gasteiger partial charge is 0.397 e. The highest BCUT2D eigenvalue weighted by Gasteiger charge is 2.08. The number of hydrogen-bond donors (Lipinski definition) is 1. The molecule has 1 nitrogen and oxygen atoms in total. The second kappa shape index (κ2) is 5.68. The van der Waals surface area contributed by atoms with E-state index in [9.17, 15) is 5.11 Å². The van der Waals surface area contributed by atoms with E-state index in [1.54, 1.807) is 0 Å². The van der Waals surface area contributed by atoms with Gasteiger partial charge in [0.15, 0.2) is 0 Å². The Bertz CT molecular complexity index is 91.3. The predicted molar refractivity (Wildman–Crippen MR) is 48.9 cm³/mol. The summed E-state index contributed by atoms with van der Waals surface area (Å²) in [4.78, 5) is 0. The number of unbranched alkanes of at least 4 members (excludes halogenated alkanes) is 1. The van der Waals surface area contributed by atoms with Crippen molar-refractivity contribution in [1.29, 1.82) is 0 Å². The standard InChI is InChI=1S/C8H18OSi/c1-4-5-6-7-8(9)10(2)3/h4,8-10H,1,5-7H2,2-3H3. The fourth-order valence-corrected chi connectivity index (χ4v) is 1.71. The van der Waals surface area contributed by atoms with Gasteiger partial charge in [-0.15, -0.1) is 6.58 Å². The lowest BCUT2D eigenvalue weighted by Gasteiger charge is -2.11. The summed E-state index contributed by atoms with van der Waals surface area (Å²) in [5, 5.41) is 9.38. The highest BCUT2D eigenvalue weighted by Crippen LogP contribution is 2.03. The van der Waals surface area contributed by atoms with E-state index < -0.39 is 8.80 Å². The van der Waals surface area contributed by atoms with Crippen LogP contribution in [0.2, 0.25) is 13.1 Å². The van der Waals surface area contributed by atoms with Crippen LogP contribution < -0.4 is 0 Å². The minimum absolute atomic E-state index is 0.0138. The van der Waals surface area contributed by atoms with Crippen molar-refractivity contribution >= 4 is 8.80 Å². The number of rotatable bonds is 5. The zero-order chi connectivity index (χ0) is 7.98. The smallest absolute Gasteiger partial charge is 0.0652 e. The first-order valence-electron chi connectivity index (χ1n) is 3.97. The lowest BCUT2D eigenvalue weighted by Crippen LogP contribution is -2.23. The molecule has 1 N–H and O–H groups in total. The van der Waals surface area contributed by atoms with Gasteiger partial charge in [-0.25, -0.2) is 0 Å². The van der Waals surface area contributed by atoms with Gasteiger partial charge in [-0.2, -0.15) is 0 Å². The zero-order valence-corrected chi connectivity index (χ0v) is 8.16. The van der Waals surface area contributed by atoms with Crippen LogP contribution >= 0.6 is 0 Å². The Hall–Kier alpha value is -0.0831. The van der Waals surface area contributed by atoms with Crippen molar-refractivity contribution in [2.45, 2.75) is 38.1 Å². The van der Waals surface area contributed by atoms with Crippen LogP contribution in [0.3, 0.4) is 0 Å². The molecule has 1 atom stereocenters. The van der Waals surface area contributed by atoms with Gasteiger partial charge >= 0.3 is 0 Å². The van der Waals surface area contributed by atoms with Crippen LogP contribution in [0.1, 0.15) is 19.3 Å². The first-order valence-corrected chi connectivity index (χ1v) is 6.95. The van der Waals surface area contributed by atoms with E-state index in [2.05, 4.69) is 19.7 Å². The maximum absolute atomic E-state index is 9.38. The molecule has 0 bridgehead atoms. The number of hydrogen-bond acceptors (Lipinski definition) is 1. The molecule has 10 heavy (non-hydrogen) atoms. The molecule has 0 rings (SSSR count). The second-order valence-electron chi connectivity index (χ2n) is 3.03. The molecule has 0 aromatic heterocycles.